The molecular weight excluding hydrogens is 250 g/mol. The van der Waals surface area contributed by atoms with E-state index in [9.17, 15) is 4.79 Å². The minimum Gasteiger partial charge on any atom is -0.352 e. The van der Waals surface area contributed by atoms with Gasteiger partial charge in [0.15, 0.2) is 0 Å². The van der Waals surface area contributed by atoms with Crippen molar-refractivity contribution >= 4 is 5.91 Å². The minimum atomic E-state index is 0.134. The van der Waals surface area contributed by atoms with E-state index in [1.807, 2.05) is 17.1 Å². The lowest BCUT2D eigenvalue weighted by molar-refractivity contribution is -0.121. The summed E-state index contributed by atoms with van der Waals surface area (Å²) in [6, 6.07) is 8.31. The van der Waals surface area contributed by atoms with Gasteiger partial charge in [-0.25, -0.2) is 4.98 Å². The smallest absolute Gasteiger partial charge is 0.220 e. The summed E-state index contributed by atoms with van der Waals surface area (Å²) in [6.45, 7) is 3.52. The van der Waals surface area contributed by atoms with Gasteiger partial charge < -0.3 is 9.88 Å². The standard InChI is InChI=1S/C16H21N3O/c1-2-3-4-16(20)18-11-14-5-7-15(8-6-14)12-19-10-9-17-13-19/h5-10,13H,2-4,11-12H2,1H3,(H,18,20). The van der Waals surface area contributed by atoms with E-state index in [-0.39, 0.29) is 5.91 Å². The summed E-state index contributed by atoms with van der Waals surface area (Å²) in [7, 11) is 0. The third-order valence-electron chi connectivity index (χ3n) is 3.19. The molecule has 1 aromatic heterocycles. The zero-order valence-corrected chi connectivity index (χ0v) is 11.9. The van der Waals surface area contributed by atoms with Gasteiger partial charge in [-0.15, -0.1) is 0 Å². The number of rotatable bonds is 7. The van der Waals surface area contributed by atoms with Crippen LogP contribution in [0, 0.1) is 0 Å². The lowest BCUT2D eigenvalue weighted by atomic mass is 10.1. The molecule has 2 rings (SSSR count). The number of amides is 1. The molecule has 1 amide bonds. The van der Waals surface area contributed by atoms with Crippen LogP contribution in [0.5, 0.6) is 0 Å². The Hall–Kier alpha value is -2.10. The van der Waals surface area contributed by atoms with Crippen molar-refractivity contribution < 1.29 is 4.79 Å². The number of carbonyl (C=O) groups excluding carboxylic acids is 1. The molecule has 4 heteroatoms. The highest BCUT2D eigenvalue weighted by Crippen LogP contribution is 2.06. The van der Waals surface area contributed by atoms with E-state index in [1.165, 1.54) is 5.56 Å². The normalized spacial score (nSPS) is 10.4. The van der Waals surface area contributed by atoms with Crippen LogP contribution in [-0.2, 0) is 17.9 Å². The Bertz CT molecular complexity index is 517. The predicted octanol–water partition coefficient (Wildman–Crippen LogP) is 2.74. The van der Waals surface area contributed by atoms with Gasteiger partial charge in [-0.05, 0) is 17.5 Å². The van der Waals surface area contributed by atoms with E-state index in [2.05, 4.69) is 41.5 Å². The molecule has 1 aromatic carbocycles. The van der Waals surface area contributed by atoms with Gasteiger partial charge in [0.1, 0.15) is 0 Å². The Balaban J connectivity index is 1.81. The first-order valence-corrected chi connectivity index (χ1v) is 7.08. The fourth-order valence-electron chi connectivity index (χ4n) is 1.98. The van der Waals surface area contributed by atoms with E-state index in [1.54, 1.807) is 6.20 Å². The Morgan fingerprint density at radius 3 is 2.65 bits per heavy atom. The van der Waals surface area contributed by atoms with Crippen LogP contribution in [0.3, 0.4) is 0 Å². The van der Waals surface area contributed by atoms with Gasteiger partial charge in [-0.1, -0.05) is 37.6 Å². The van der Waals surface area contributed by atoms with E-state index in [0.717, 1.165) is 24.9 Å². The van der Waals surface area contributed by atoms with Crippen molar-refractivity contribution in [2.24, 2.45) is 0 Å². The third-order valence-corrected chi connectivity index (χ3v) is 3.19. The Labute approximate surface area is 119 Å². The third kappa shape index (κ3) is 4.53. The van der Waals surface area contributed by atoms with Crippen molar-refractivity contribution in [1.29, 1.82) is 0 Å². The van der Waals surface area contributed by atoms with Crippen LogP contribution >= 0.6 is 0 Å². The maximum absolute atomic E-state index is 11.5. The first-order chi connectivity index (χ1) is 9.78. The molecule has 2 aromatic rings. The van der Waals surface area contributed by atoms with Gasteiger partial charge in [0.25, 0.3) is 0 Å². The van der Waals surface area contributed by atoms with E-state index < -0.39 is 0 Å². The molecule has 1 heterocycles. The van der Waals surface area contributed by atoms with Crippen LogP contribution < -0.4 is 5.32 Å². The number of imidazole rings is 1. The number of aromatic nitrogens is 2. The van der Waals surface area contributed by atoms with Crippen LogP contribution in [0.1, 0.15) is 37.3 Å². The second-order valence-electron chi connectivity index (χ2n) is 4.93. The summed E-state index contributed by atoms with van der Waals surface area (Å²) in [6.07, 6.45) is 8.16. The summed E-state index contributed by atoms with van der Waals surface area (Å²) in [5.41, 5.74) is 2.35. The summed E-state index contributed by atoms with van der Waals surface area (Å²) in [5.74, 6) is 0.134. The maximum Gasteiger partial charge on any atom is 0.220 e. The highest BCUT2D eigenvalue weighted by Gasteiger charge is 2.01. The number of benzene rings is 1. The van der Waals surface area contributed by atoms with Crippen molar-refractivity contribution in [3.63, 3.8) is 0 Å². The van der Waals surface area contributed by atoms with Crippen LogP contribution in [-0.4, -0.2) is 15.5 Å². The van der Waals surface area contributed by atoms with Gasteiger partial charge in [0.05, 0.1) is 6.33 Å². The van der Waals surface area contributed by atoms with Crippen LogP contribution in [0.2, 0.25) is 0 Å². The zero-order valence-electron chi connectivity index (χ0n) is 11.9. The van der Waals surface area contributed by atoms with Gasteiger partial charge in [0.2, 0.25) is 5.91 Å². The van der Waals surface area contributed by atoms with Crippen molar-refractivity contribution in [3.05, 3.63) is 54.1 Å². The largest absolute Gasteiger partial charge is 0.352 e. The van der Waals surface area contributed by atoms with E-state index in [4.69, 9.17) is 0 Å². The monoisotopic (exact) mass is 271 g/mol. The van der Waals surface area contributed by atoms with Gasteiger partial charge in [-0.2, -0.15) is 0 Å². The number of unbranched alkanes of at least 4 members (excludes halogenated alkanes) is 1. The molecule has 0 aliphatic heterocycles. The second-order valence-corrected chi connectivity index (χ2v) is 4.93. The summed E-state index contributed by atoms with van der Waals surface area (Å²) in [5, 5.41) is 2.94. The molecule has 0 aliphatic rings. The fourth-order valence-corrected chi connectivity index (χ4v) is 1.98. The molecule has 0 spiro atoms. The average molecular weight is 271 g/mol. The second kappa shape index (κ2) is 7.48. The van der Waals surface area contributed by atoms with Crippen molar-refractivity contribution in [3.8, 4) is 0 Å². The first kappa shape index (κ1) is 14.3. The topological polar surface area (TPSA) is 46.9 Å². The first-order valence-electron chi connectivity index (χ1n) is 7.08. The fraction of sp³-hybridized carbons (Fsp3) is 0.375. The molecule has 0 bridgehead atoms. The molecule has 0 unspecified atom stereocenters. The highest BCUT2D eigenvalue weighted by molar-refractivity contribution is 5.75. The van der Waals surface area contributed by atoms with Crippen LogP contribution in [0.15, 0.2) is 43.0 Å². The van der Waals surface area contributed by atoms with Gasteiger partial charge in [-0.3, -0.25) is 4.79 Å². The van der Waals surface area contributed by atoms with Crippen molar-refractivity contribution in [2.75, 3.05) is 0 Å². The quantitative estimate of drug-likeness (QED) is 0.841. The molecule has 0 saturated carbocycles. The lowest BCUT2D eigenvalue weighted by Crippen LogP contribution is -2.22. The minimum absolute atomic E-state index is 0.134. The molecule has 4 nitrogen and oxygen atoms in total. The lowest BCUT2D eigenvalue weighted by Gasteiger charge is -2.07. The molecule has 1 N–H and O–H groups in total. The zero-order chi connectivity index (χ0) is 14.2. The summed E-state index contributed by atoms with van der Waals surface area (Å²) >= 11 is 0. The van der Waals surface area contributed by atoms with Crippen molar-refractivity contribution in [1.82, 2.24) is 14.9 Å². The number of nitrogens with one attached hydrogen (secondary N) is 1. The summed E-state index contributed by atoms with van der Waals surface area (Å²) < 4.78 is 2.03. The Kier molecular flexibility index (Phi) is 5.35. The molecule has 0 fully saturated rings. The molecular formula is C16H21N3O. The maximum atomic E-state index is 11.5. The highest BCUT2D eigenvalue weighted by atomic mass is 16.1. The number of hydrogen-bond acceptors (Lipinski definition) is 2. The molecule has 20 heavy (non-hydrogen) atoms. The molecule has 0 saturated heterocycles. The molecule has 0 aliphatic carbocycles. The van der Waals surface area contributed by atoms with Gasteiger partial charge >= 0.3 is 0 Å². The molecule has 106 valence electrons. The number of hydrogen-bond donors (Lipinski definition) is 1. The number of nitrogens with zero attached hydrogens (tertiary/aromatic N) is 2. The van der Waals surface area contributed by atoms with Gasteiger partial charge in [0, 0.05) is 31.9 Å². The predicted molar refractivity (Wildman–Crippen MR) is 79.1 cm³/mol. The Morgan fingerprint density at radius 1 is 1.25 bits per heavy atom. The SMILES string of the molecule is CCCCC(=O)NCc1ccc(Cn2ccnc2)cc1. The van der Waals surface area contributed by atoms with Crippen LogP contribution in [0.25, 0.3) is 0 Å². The molecule has 0 radical (unpaired) electrons. The van der Waals surface area contributed by atoms with Crippen molar-refractivity contribution in [2.45, 2.75) is 39.3 Å². The summed E-state index contributed by atoms with van der Waals surface area (Å²) in [4.78, 5) is 15.6. The Morgan fingerprint density at radius 2 is 2.00 bits per heavy atom. The van der Waals surface area contributed by atoms with Crippen LogP contribution in [0.4, 0.5) is 0 Å². The number of carbonyl (C=O) groups is 1. The molecule has 0 atom stereocenters. The average Bonchev–Trinajstić information content (AvgIpc) is 2.97. The van der Waals surface area contributed by atoms with E-state index >= 15 is 0 Å². The van der Waals surface area contributed by atoms with E-state index in [0.29, 0.717) is 13.0 Å².